The number of methoxy groups -OCH3 is 1. The lowest BCUT2D eigenvalue weighted by molar-refractivity contribution is 0.0593. The number of hydrogen-bond donors (Lipinski definition) is 1. The normalized spacial score (nSPS) is 19.5. The third kappa shape index (κ3) is 3.32. The van der Waals surface area contributed by atoms with Gasteiger partial charge in [-0.05, 0) is 35.6 Å². The molecule has 2 aromatic carbocycles. The number of aliphatic hydroxyl groups is 1. The summed E-state index contributed by atoms with van der Waals surface area (Å²) in [4.78, 5) is 12.3. The SMILES string of the molecule is COC(=O)c1c(OCc2ccccc2)ccc2c1CCC(Br)C2O. The number of halogens is 1. The third-order valence-electron chi connectivity index (χ3n) is 4.27. The van der Waals surface area contributed by atoms with E-state index in [1.165, 1.54) is 7.11 Å². The van der Waals surface area contributed by atoms with Gasteiger partial charge in [-0.1, -0.05) is 52.3 Å². The number of benzene rings is 2. The van der Waals surface area contributed by atoms with Crippen LogP contribution in [0, 0.1) is 0 Å². The topological polar surface area (TPSA) is 55.8 Å². The molecule has 0 fully saturated rings. The van der Waals surface area contributed by atoms with Crippen LogP contribution in [0.2, 0.25) is 0 Å². The second-order valence-corrected chi connectivity index (χ2v) is 6.95. The molecular weight excluding hydrogens is 372 g/mol. The van der Waals surface area contributed by atoms with Gasteiger partial charge in [0, 0.05) is 4.83 Å². The second-order valence-electron chi connectivity index (χ2n) is 5.77. The summed E-state index contributed by atoms with van der Waals surface area (Å²) < 4.78 is 10.8. The lowest BCUT2D eigenvalue weighted by Gasteiger charge is -2.28. The minimum absolute atomic E-state index is 0.00779. The highest BCUT2D eigenvalue weighted by Crippen LogP contribution is 2.39. The Morgan fingerprint density at radius 3 is 2.71 bits per heavy atom. The van der Waals surface area contributed by atoms with Gasteiger partial charge in [0.2, 0.25) is 0 Å². The van der Waals surface area contributed by atoms with E-state index in [1.807, 2.05) is 36.4 Å². The number of ether oxygens (including phenoxy) is 2. The molecule has 5 heteroatoms. The quantitative estimate of drug-likeness (QED) is 0.637. The molecule has 0 aliphatic heterocycles. The first kappa shape index (κ1) is 17.0. The summed E-state index contributed by atoms with van der Waals surface area (Å²) in [6.45, 7) is 0.368. The number of fused-ring (bicyclic) bond motifs is 1. The Kier molecular flexibility index (Phi) is 5.21. The van der Waals surface area contributed by atoms with Crippen molar-refractivity contribution in [2.45, 2.75) is 30.4 Å². The van der Waals surface area contributed by atoms with E-state index in [9.17, 15) is 9.90 Å². The smallest absolute Gasteiger partial charge is 0.341 e. The molecule has 0 radical (unpaired) electrons. The molecule has 2 unspecified atom stereocenters. The van der Waals surface area contributed by atoms with Gasteiger partial charge in [-0.15, -0.1) is 0 Å². The van der Waals surface area contributed by atoms with Crippen molar-refractivity contribution >= 4 is 21.9 Å². The largest absolute Gasteiger partial charge is 0.488 e. The maximum atomic E-state index is 12.3. The van der Waals surface area contributed by atoms with Crippen LogP contribution in [0.3, 0.4) is 0 Å². The summed E-state index contributed by atoms with van der Waals surface area (Å²) in [5, 5.41) is 10.4. The van der Waals surface area contributed by atoms with Gasteiger partial charge in [0.05, 0.1) is 13.2 Å². The molecule has 4 nitrogen and oxygen atoms in total. The molecule has 0 spiro atoms. The molecule has 3 rings (SSSR count). The van der Waals surface area contributed by atoms with Crippen LogP contribution in [0.5, 0.6) is 5.75 Å². The van der Waals surface area contributed by atoms with Gasteiger partial charge in [0.1, 0.15) is 17.9 Å². The maximum absolute atomic E-state index is 12.3. The van der Waals surface area contributed by atoms with Crippen molar-refractivity contribution < 1.29 is 19.4 Å². The van der Waals surface area contributed by atoms with Gasteiger partial charge in [0.15, 0.2) is 0 Å². The zero-order valence-electron chi connectivity index (χ0n) is 13.4. The molecular formula is C19H19BrO4. The van der Waals surface area contributed by atoms with Crippen molar-refractivity contribution in [3.63, 3.8) is 0 Å². The summed E-state index contributed by atoms with van der Waals surface area (Å²) in [6.07, 6.45) is 0.801. The number of hydrogen-bond acceptors (Lipinski definition) is 4. The van der Waals surface area contributed by atoms with Crippen molar-refractivity contribution in [1.29, 1.82) is 0 Å². The number of esters is 1. The molecule has 0 heterocycles. The Morgan fingerprint density at radius 2 is 2.00 bits per heavy atom. The van der Waals surface area contributed by atoms with Gasteiger partial charge in [-0.25, -0.2) is 4.79 Å². The van der Waals surface area contributed by atoms with Crippen LogP contribution in [0.15, 0.2) is 42.5 Å². The van der Waals surface area contributed by atoms with E-state index in [-0.39, 0.29) is 4.83 Å². The summed E-state index contributed by atoms with van der Waals surface area (Å²) >= 11 is 3.48. The highest BCUT2D eigenvalue weighted by Gasteiger charge is 2.31. The molecule has 1 aliphatic carbocycles. The highest BCUT2D eigenvalue weighted by atomic mass is 79.9. The number of carbonyl (C=O) groups is 1. The number of aliphatic hydroxyl groups excluding tert-OH is 1. The minimum atomic E-state index is -0.639. The van der Waals surface area contributed by atoms with Gasteiger partial charge in [-0.2, -0.15) is 0 Å². The average Bonchev–Trinajstić information content (AvgIpc) is 2.62. The predicted molar refractivity (Wildman–Crippen MR) is 94.6 cm³/mol. The van der Waals surface area contributed by atoms with Crippen LogP contribution in [-0.4, -0.2) is 23.0 Å². The Labute approximate surface area is 149 Å². The van der Waals surface area contributed by atoms with Crippen molar-refractivity contribution in [2.75, 3.05) is 7.11 Å². The summed E-state index contributed by atoms with van der Waals surface area (Å²) in [7, 11) is 1.36. The van der Waals surface area contributed by atoms with Gasteiger partial charge in [-0.3, -0.25) is 0 Å². The van der Waals surface area contributed by atoms with Crippen LogP contribution < -0.4 is 4.74 Å². The number of rotatable bonds is 4. The molecule has 0 saturated carbocycles. The molecule has 0 aromatic heterocycles. The lowest BCUT2D eigenvalue weighted by atomic mass is 9.86. The fourth-order valence-electron chi connectivity index (χ4n) is 3.01. The monoisotopic (exact) mass is 390 g/mol. The minimum Gasteiger partial charge on any atom is -0.488 e. The van der Waals surface area contributed by atoms with E-state index in [1.54, 1.807) is 6.07 Å². The van der Waals surface area contributed by atoms with Crippen LogP contribution in [0.1, 0.15) is 39.6 Å². The van der Waals surface area contributed by atoms with E-state index < -0.39 is 12.1 Å². The highest BCUT2D eigenvalue weighted by molar-refractivity contribution is 9.09. The Balaban J connectivity index is 1.96. The summed E-state index contributed by atoms with van der Waals surface area (Å²) in [6, 6.07) is 13.3. The van der Waals surface area contributed by atoms with E-state index in [4.69, 9.17) is 9.47 Å². The zero-order valence-corrected chi connectivity index (χ0v) is 15.0. The molecule has 1 N–H and O–H groups in total. The third-order valence-corrected chi connectivity index (χ3v) is 5.23. The van der Waals surface area contributed by atoms with Crippen LogP contribution >= 0.6 is 15.9 Å². The zero-order chi connectivity index (χ0) is 17.1. The van der Waals surface area contributed by atoms with Crippen molar-refractivity contribution in [3.05, 3.63) is 64.7 Å². The van der Waals surface area contributed by atoms with Crippen LogP contribution in [0.25, 0.3) is 0 Å². The first-order chi connectivity index (χ1) is 11.6. The van der Waals surface area contributed by atoms with Crippen molar-refractivity contribution in [3.8, 4) is 5.75 Å². The lowest BCUT2D eigenvalue weighted by Crippen LogP contribution is -2.23. The van der Waals surface area contributed by atoms with Crippen molar-refractivity contribution in [1.82, 2.24) is 0 Å². The van der Waals surface area contributed by atoms with E-state index >= 15 is 0 Å². The first-order valence-electron chi connectivity index (χ1n) is 7.84. The molecule has 126 valence electrons. The molecule has 2 atom stereocenters. The average molecular weight is 391 g/mol. The Morgan fingerprint density at radius 1 is 1.25 bits per heavy atom. The van der Waals surface area contributed by atoms with Gasteiger partial charge < -0.3 is 14.6 Å². The van der Waals surface area contributed by atoms with Gasteiger partial charge >= 0.3 is 5.97 Å². The number of carbonyl (C=O) groups excluding carboxylic acids is 1. The number of alkyl halides is 1. The fourth-order valence-corrected chi connectivity index (χ4v) is 3.52. The molecule has 2 aromatic rings. The van der Waals surface area contributed by atoms with Crippen LogP contribution in [-0.2, 0) is 17.8 Å². The summed E-state index contributed by atoms with van der Waals surface area (Å²) in [5.74, 6) is 0.0554. The molecule has 24 heavy (non-hydrogen) atoms. The van der Waals surface area contributed by atoms with E-state index in [2.05, 4.69) is 15.9 Å². The summed E-state index contributed by atoms with van der Waals surface area (Å²) in [5.41, 5.74) is 3.02. The Bertz CT molecular complexity index is 730. The maximum Gasteiger partial charge on any atom is 0.341 e. The first-order valence-corrected chi connectivity index (χ1v) is 8.76. The van der Waals surface area contributed by atoms with Gasteiger partial charge in [0.25, 0.3) is 0 Å². The Hall–Kier alpha value is -1.85. The second kappa shape index (κ2) is 7.36. The molecule has 0 saturated heterocycles. The standard InChI is InChI=1S/C19H19BrO4/c1-23-19(22)17-13-7-9-15(20)18(21)14(13)8-10-16(17)24-11-12-5-3-2-4-6-12/h2-6,8,10,15,18,21H,7,9,11H2,1H3. The van der Waals surface area contributed by atoms with E-state index in [0.717, 1.165) is 23.1 Å². The van der Waals surface area contributed by atoms with Crippen LogP contribution in [0.4, 0.5) is 0 Å². The van der Waals surface area contributed by atoms with E-state index in [0.29, 0.717) is 24.3 Å². The fraction of sp³-hybridized carbons (Fsp3) is 0.316. The molecule has 0 bridgehead atoms. The predicted octanol–water partition coefficient (Wildman–Crippen LogP) is 3.80. The van der Waals surface area contributed by atoms with Crippen molar-refractivity contribution in [2.24, 2.45) is 0 Å². The molecule has 0 amide bonds. The molecule has 1 aliphatic rings.